The molecule has 0 unspecified atom stereocenters. The quantitative estimate of drug-likeness (QED) is 0.572. The number of nitrogens with one attached hydrogen (secondary N) is 1. The molecule has 1 heterocycles. The van der Waals surface area contributed by atoms with Crippen molar-refractivity contribution in [1.29, 1.82) is 0 Å². The van der Waals surface area contributed by atoms with Crippen molar-refractivity contribution in [2.75, 3.05) is 16.1 Å². The Hall–Kier alpha value is -3.31. The Kier molecular flexibility index (Phi) is 6.00. The van der Waals surface area contributed by atoms with Crippen LogP contribution in [0.2, 0.25) is 0 Å². The minimum absolute atomic E-state index is 0.134. The molecule has 0 bridgehead atoms. The molecule has 3 aromatic rings. The lowest BCUT2D eigenvalue weighted by Gasteiger charge is -2.24. The van der Waals surface area contributed by atoms with Gasteiger partial charge in [0, 0.05) is 5.69 Å². The fourth-order valence-corrected chi connectivity index (χ4v) is 3.73. The Morgan fingerprint density at radius 1 is 0.900 bits per heavy atom. The first-order chi connectivity index (χ1) is 14.7. The lowest BCUT2D eigenvalue weighted by molar-refractivity contribution is -0.115. The standard InChI is InChI=1S/C24H21ClN2O3/c25-15-23(28)27-21-9-5-4-8-18(21)10-11-19-12-13-20(14-22(19)27)26-24(29)30-16-17-6-2-1-3-7-17/h1-9,12-14H,10-11,15-16H2,(H,26,29). The molecule has 0 aliphatic carbocycles. The molecule has 1 N–H and O–H groups in total. The number of amides is 2. The van der Waals surface area contributed by atoms with Gasteiger partial charge in [0.05, 0.1) is 11.4 Å². The third-order valence-corrected chi connectivity index (χ3v) is 5.27. The van der Waals surface area contributed by atoms with Crippen LogP contribution in [-0.4, -0.2) is 17.9 Å². The van der Waals surface area contributed by atoms with Crippen molar-refractivity contribution < 1.29 is 14.3 Å². The second-order valence-electron chi connectivity index (χ2n) is 7.02. The van der Waals surface area contributed by atoms with Crippen molar-refractivity contribution in [3.63, 3.8) is 0 Å². The van der Waals surface area contributed by atoms with Crippen LogP contribution >= 0.6 is 11.6 Å². The first kappa shape index (κ1) is 20.0. The highest BCUT2D eigenvalue weighted by atomic mass is 35.5. The fourth-order valence-electron chi connectivity index (χ4n) is 3.61. The van der Waals surface area contributed by atoms with Gasteiger partial charge in [-0.25, -0.2) is 4.79 Å². The summed E-state index contributed by atoms with van der Waals surface area (Å²) in [5, 5.41) is 2.75. The molecule has 1 aliphatic heterocycles. The number of halogens is 1. The molecule has 0 radical (unpaired) electrons. The average Bonchev–Trinajstić information content (AvgIpc) is 2.94. The molecule has 0 saturated carbocycles. The minimum Gasteiger partial charge on any atom is -0.444 e. The van der Waals surface area contributed by atoms with Gasteiger partial charge in [0.2, 0.25) is 5.91 Å². The maximum absolute atomic E-state index is 12.7. The Morgan fingerprint density at radius 2 is 1.60 bits per heavy atom. The van der Waals surface area contributed by atoms with Gasteiger partial charge in [-0.05, 0) is 47.7 Å². The maximum Gasteiger partial charge on any atom is 0.411 e. The van der Waals surface area contributed by atoms with Crippen LogP contribution in [0.15, 0.2) is 72.8 Å². The number of anilines is 3. The van der Waals surface area contributed by atoms with E-state index in [4.69, 9.17) is 16.3 Å². The van der Waals surface area contributed by atoms with Crippen molar-refractivity contribution in [2.45, 2.75) is 19.4 Å². The number of carbonyl (C=O) groups is 2. The first-order valence-electron chi connectivity index (χ1n) is 9.73. The number of hydrogen-bond donors (Lipinski definition) is 1. The molecule has 1 aliphatic rings. The SMILES string of the molecule is O=C(Nc1ccc2c(c1)N(C(=O)CCl)c1ccccc1CC2)OCc1ccccc1. The number of ether oxygens (including phenoxy) is 1. The number of carbonyl (C=O) groups excluding carboxylic acids is 2. The molecule has 0 atom stereocenters. The van der Waals surface area contributed by atoms with Crippen molar-refractivity contribution in [3.8, 4) is 0 Å². The molecule has 5 nitrogen and oxygen atoms in total. The smallest absolute Gasteiger partial charge is 0.411 e. The van der Waals surface area contributed by atoms with Crippen molar-refractivity contribution >= 4 is 40.7 Å². The highest BCUT2D eigenvalue weighted by molar-refractivity contribution is 6.30. The summed E-state index contributed by atoms with van der Waals surface area (Å²) in [6, 6.07) is 22.8. The van der Waals surface area contributed by atoms with Crippen LogP contribution in [0.3, 0.4) is 0 Å². The van der Waals surface area contributed by atoms with Crippen LogP contribution in [0.1, 0.15) is 16.7 Å². The summed E-state index contributed by atoms with van der Waals surface area (Å²) in [5.74, 6) is -0.346. The second-order valence-corrected chi connectivity index (χ2v) is 7.29. The zero-order chi connectivity index (χ0) is 20.9. The number of para-hydroxylation sites is 1. The zero-order valence-electron chi connectivity index (χ0n) is 16.3. The molecule has 0 fully saturated rings. The summed E-state index contributed by atoms with van der Waals surface area (Å²) in [7, 11) is 0. The lowest BCUT2D eigenvalue weighted by atomic mass is 10.0. The molecule has 0 aromatic heterocycles. The normalized spacial score (nSPS) is 12.4. The van der Waals surface area contributed by atoms with Gasteiger partial charge in [0.25, 0.3) is 0 Å². The summed E-state index contributed by atoms with van der Waals surface area (Å²) in [6.45, 7) is 0.182. The van der Waals surface area contributed by atoms with Gasteiger partial charge in [-0.1, -0.05) is 54.6 Å². The number of nitrogens with zero attached hydrogens (tertiary/aromatic N) is 1. The van der Waals surface area contributed by atoms with Gasteiger partial charge in [-0.2, -0.15) is 0 Å². The molecule has 6 heteroatoms. The molecule has 4 rings (SSSR count). The van der Waals surface area contributed by atoms with E-state index in [0.717, 1.165) is 40.9 Å². The van der Waals surface area contributed by atoms with E-state index >= 15 is 0 Å². The van der Waals surface area contributed by atoms with Crippen LogP contribution in [0.4, 0.5) is 21.9 Å². The molecule has 152 valence electrons. The first-order valence-corrected chi connectivity index (χ1v) is 10.3. The Labute approximate surface area is 180 Å². The largest absolute Gasteiger partial charge is 0.444 e. The van der Waals surface area contributed by atoms with E-state index in [1.54, 1.807) is 11.0 Å². The van der Waals surface area contributed by atoms with Crippen molar-refractivity contribution in [3.05, 3.63) is 89.5 Å². The van der Waals surface area contributed by atoms with Gasteiger partial charge >= 0.3 is 6.09 Å². The van der Waals surface area contributed by atoms with E-state index in [9.17, 15) is 9.59 Å². The molecule has 30 heavy (non-hydrogen) atoms. The predicted octanol–water partition coefficient (Wildman–Crippen LogP) is 5.44. The topological polar surface area (TPSA) is 58.6 Å². The molecule has 2 amide bonds. The number of aryl methyl sites for hydroxylation is 2. The Morgan fingerprint density at radius 3 is 2.37 bits per heavy atom. The van der Waals surface area contributed by atoms with Crippen molar-refractivity contribution in [1.82, 2.24) is 0 Å². The van der Waals surface area contributed by atoms with E-state index in [2.05, 4.69) is 5.32 Å². The Bertz CT molecular complexity index is 1070. The summed E-state index contributed by atoms with van der Waals surface area (Å²) in [6.07, 6.45) is 1.06. The van der Waals surface area contributed by atoms with Crippen LogP contribution in [0.25, 0.3) is 0 Å². The van der Waals surface area contributed by atoms with E-state index in [1.165, 1.54) is 0 Å². The minimum atomic E-state index is -0.553. The average molecular weight is 421 g/mol. The third-order valence-electron chi connectivity index (χ3n) is 5.05. The summed E-state index contributed by atoms with van der Waals surface area (Å²) < 4.78 is 5.30. The number of hydrogen-bond acceptors (Lipinski definition) is 3. The summed E-state index contributed by atoms with van der Waals surface area (Å²) in [5.41, 5.74) is 5.12. The number of benzene rings is 3. The molecular formula is C24H21ClN2O3. The predicted molar refractivity (Wildman–Crippen MR) is 118 cm³/mol. The maximum atomic E-state index is 12.7. The monoisotopic (exact) mass is 420 g/mol. The second kappa shape index (κ2) is 9.01. The van der Waals surface area contributed by atoms with Gasteiger partial charge < -0.3 is 4.74 Å². The highest BCUT2D eigenvalue weighted by Crippen LogP contribution is 2.37. The molecular weight excluding hydrogens is 400 g/mol. The molecule has 0 spiro atoms. The van der Waals surface area contributed by atoms with Gasteiger partial charge in [0.1, 0.15) is 12.5 Å². The fraction of sp³-hybridized carbons (Fsp3) is 0.167. The third kappa shape index (κ3) is 4.31. The number of fused-ring (bicyclic) bond motifs is 2. The van der Waals surface area contributed by atoms with Crippen LogP contribution in [0.5, 0.6) is 0 Å². The number of alkyl halides is 1. The summed E-state index contributed by atoms with van der Waals surface area (Å²) in [4.78, 5) is 26.6. The molecule has 0 saturated heterocycles. The van der Waals surface area contributed by atoms with Crippen LogP contribution in [-0.2, 0) is 29.0 Å². The highest BCUT2D eigenvalue weighted by Gasteiger charge is 2.25. The van der Waals surface area contributed by atoms with Crippen LogP contribution < -0.4 is 10.2 Å². The van der Waals surface area contributed by atoms with Gasteiger partial charge in [0.15, 0.2) is 0 Å². The Balaban J connectivity index is 1.58. The van der Waals surface area contributed by atoms with Gasteiger partial charge in [-0.3, -0.25) is 15.0 Å². The zero-order valence-corrected chi connectivity index (χ0v) is 17.1. The van der Waals surface area contributed by atoms with E-state index in [1.807, 2.05) is 66.7 Å². The van der Waals surface area contributed by atoms with Gasteiger partial charge in [-0.15, -0.1) is 11.6 Å². The van der Waals surface area contributed by atoms with Crippen molar-refractivity contribution in [2.24, 2.45) is 0 Å². The van der Waals surface area contributed by atoms with E-state index in [-0.39, 0.29) is 18.4 Å². The van der Waals surface area contributed by atoms with E-state index < -0.39 is 6.09 Å². The number of rotatable bonds is 4. The summed E-state index contributed by atoms with van der Waals surface area (Å²) >= 11 is 5.91. The molecule has 3 aromatic carbocycles. The van der Waals surface area contributed by atoms with Crippen LogP contribution in [0, 0.1) is 0 Å². The lowest BCUT2D eigenvalue weighted by Crippen LogP contribution is -2.28. The van der Waals surface area contributed by atoms with E-state index in [0.29, 0.717) is 5.69 Å².